The van der Waals surface area contributed by atoms with E-state index < -0.39 is 0 Å². The number of benzene rings is 1. The molecule has 2 heterocycles. The minimum absolute atomic E-state index is 0.0169. The lowest BCUT2D eigenvalue weighted by Crippen LogP contribution is -2.44. The van der Waals surface area contributed by atoms with Gasteiger partial charge in [-0.3, -0.25) is 9.59 Å². The SMILES string of the molecule is COc1cc(C(=O)N2CCC3(CCNC3)CC2)ccc1OCC(=O)NC(C)C. The van der Waals surface area contributed by atoms with Crippen LogP contribution in [0.5, 0.6) is 11.5 Å². The molecule has 2 N–H and O–H groups in total. The van der Waals surface area contributed by atoms with Crippen molar-refractivity contribution in [3.8, 4) is 11.5 Å². The predicted octanol–water partition coefficient (Wildman–Crippen LogP) is 1.81. The third-order valence-electron chi connectivity index (χ3n) is 5.66. The summed E-state index contributed by atoms with van der Waals surface area (Å²) < 4.78 is 10.9. The van der Waals surface area contributed by atoms with Crippen molar-refractivity contribution in [1.82, 2.24) is 15.5 Å². The van der Waals surface area contributed by atoms with Crippen molar-refractivity contribution in [3.05, 3.63) is 23.8 Å². The lowest BCUT2D eigenvalue weighted by Gasteiger charge is -2.39. The Balaban J connectivity index is 1.61. The molecule has 0 radical (unpaired) electrons. The standard InChI is InChI=1S/C21H31N3O4/c1-15(2)23-19(25)13-28-17-5-4-16(12-18(17)27-3)20(26)24-10-7-21(8-11-24)6-9-22-14-21/h4-5,12,15,22H,6-11,13-14H2,1-3H3,(H,23,25). The molecule has 1 spiro atoms. The molecule has 154 valence electrons. The first-order valence-electron chi connectivity index (χ1n) is 10.0. The summed E-state index contributed by atoms with van der Waals surface area (Å²) in [5, 5.41) is 6.22. The van der Waals surface area contributed by atoms with Crippen LogP contribution in [0.2, 0.25) is 0 Å². The summed E-state index contributed by atoms with van der Waals surface area (Å²) in [7, 11) is 1.53. The highest BCUT2D eigenvalue weighted by Gasteiger charge is 2.38. The Morgan fingerprint density at radius 2 is 1.96 bits per heavy atom. The molecule has 1 aromatic rings. The number of carbonyl (C=O) groups is 2. The highest BCUT2D eigenvalue weighted by atomic mass is 16.5. The van der Waals surface area contributed by atoms with E-state index in [2.05, 4.69) is 10.6 Å². The Morgan fingerprint density at radius 1 is 1.21 bits per heavy atom. The maximum absolute atomic E-state index is 12.9. The molecule has 3 rings (SSSR count). The minimum atomic E-state index is -0.194. The summed E-state index contributed by atoms with van der Waals surface area (Å²) in [6.07, 6.45) is 3.31. The third-order valence-corrected chi connectivity index (χ3v) is 5.66. The lowest BCUT2D eigenvalue weighted by atomic mass is 9.78. The first kappa shape index (κ1) is 20.5. The van der Waals surface area contributed by atoms with E-state index in [0.717, 1.165) is 39.0 Å². The molecule has 2 aliphatic heterocycles. The average Bonchev–Trinajstić information content (AvgIpc) is 3.13. The van der Waals surface area contributed by atoms with Gasteiger partial charge in [-0.15, -0.1) is 0 Å². The van der Waals surface area contributed by atoms with Gasteiger partial charge in [-0.25, -0.2) is 0 Å². The van der Waals surface area contributed by atoms with Gasteiger partial charge in [0.2, 0.25) is 0 Å². The van der Waals surface area contributed by atoms with Crippen LogP contribution in [0.4, 0.5) is 0 Å². The van der Waals surface area contributed by atoms with Crippen LogP contribution < -0.4 is 20.1 Å². The molecule has 0 bridgehead atoms. The van der Waals surface area contributed by atoms with Crippen LogP contribution in [-0.2, 0) is 4.79 Å². The Morgan fingerprint density at radius 3 is 2.57 bits per heavy atom. The molecule has 0 unspecified atom stereocenters. The van der Waals surface area contributed by atoms with Gasteiger partial charge in [-0.2, -0.15) is 0 Å². The first-order chi connectivity index (χ1) is 13.4. The van der Waals surface area contributed by atoms with Gasteiger partial charge in [0.25, 0.3) is 11.8 Å². The van der Waals surface area contributed by atoms with E-state index in [-0.39, 0.29) is 24.5 Å². The fourth-order valence-electron chi connectivity index (χ4n) is 4.02. The molecule has 2 saturated heterocycles. The number of hydrogen-bond acceptors (Lipinski definition) is 5. The molecule has 28 heavy (non-hydrogen) atoms. The normalized spacial score (nSPS) is 18.4. The van der Waals surface area contributed by atoms with Gasteiger partial charge >= 0.3 is 0 Å². The molecule has 0 aromatic heterocycles. The summed E-state index contributed by atoms with van der Waals surface area (Å²) in [4.78, 5) is 26.6. The molecule has 0 saturated carbocycles. The number of nitrogens with zero attached hydrogens (tertiary/aromatic N) is 1. The van der Waals surface area contributed by atoms with Crippen molar-refractivity contribution in [2.45, 2.75) is 39.2 Å². The maximum atomic E-state index is 12.9. The van der Waals surface area contributed by atoms with E-state index in [1.807, 2.05) is 18.7 Å². The van der Waals surface area contributed by atoms with Crippen LogP contribution in [0.25, 0.3) is 0 Å². The van der Waals surface area contributed by atoms with E-state index >= 15 is 0 Å². The number of rotatable bonds is 6. The number of ether oxygens (including phenoxy) is 2. The first-order valence-corrected chi connectivity index (χ1v) is 10.0. The number of amides is 2. The zero-order chi connectivity index (χ0) is 20.1. The molecule has 2 aliphatic rings. The van der Waals surface area contributed by atoms with Gasteiger partial charge < -0.3 is 25.0 Å². The number of carbonyl (C=O) groups excluding carboxylic acids is 2. The third kappa shape index (κ3) is 4.76. The number of likely N-dealkylation sites (tertiary alicyclic amines) is 1. The predicted molar refractivity (Wildman–Crippen MR) is 107 cm³/mol. The van der Waals surface area contributed by atoms with E-state index in [4.69, 9.17) is 9.47 Å². The van der Waals surface area contributed by atoms with Crippen molar-refractivity contribution in [2.24, 2.45) is 5.41 Å². The van der Waals surface area contributed by atoms with Crippen LogP contribution in [0.15, 0.2) is 18.2 Å². The molecule has 2 fully saturated rings. The van der Waals surface area contributed by atoms with Gasteiger partial charge in [0.1, 0.15) is 0 Å². The Hall–Kier alpha value is -2.28. The average molecular weight is 389 g/mol. The topological polar surface area (TPSA) is 79.9 Å². The van der Waals surface area contributed by atoms with Crippen molar-refractivity contribution in [1.29, 1.82) is 0 Å². The zero-order valence-corrected chi connectivity index (χ0v) is 17.0. The summed E-state index contributed by atoms with van der Waals surface area (Å²) in [6, 6.07) is 5.18. The molecular formula is C21H31N3O4. The molecular weight excluding hydrogens is 358 g/mol. The van der Waals surface area contributed by atoms with Gasteiger partial charge in [0.05, 0.1) is 7.11 Å². The number of hydrogen-bond donors (Lipinski definition) is 2. The monoisotopic (exact) mass is 389 g/mol. The number of nitrogens with one attached hydrogen (secondary N) is 2. The fourth-order valence-corrected chi connectivity index (χ4v) is 4.02. The van der Waals surface area contributed by atoms with E-state index in [0.29, 0.717) is 22.5 Å². The van der Waals surface area contributed by atoms with Gasteiger partial charge in [0.15, 0.2) is 18.1 Å². The second-order valence-corrected chi connectivity index (χ2v) is 8.10. The minimum Gasteiger partial charge on any atom is -0.493 e. The van der Waals surface area contributed by atoms with Crippen LogP contribution in [-0.4, -0.2) is 62.7 Å². The second-order valence-electron chi connectivity index (χ2n) is 8.10. The van der Waals surface area contributed by atoms with Crippen molar-refractivity contribution >= 4 is 11.8 Å². The Kier molecular flexibility index (Phi) is 6.44. The van der Waals surface area contributed by atoms with Gasteiger partial charge in [-0.05, 0) is 63.3 Å². The zero-order valence-electron chi connectivity index (χ0n) is 17.0. The van der Waals surface area contributed by atoms with E-state index in [9.17, 15) is 9.59 Å². The Bertz CT molecular complexity index is 704. The summed E-state index contributed by atoms with van der Waals surface area (Å²) in [5.41, 5.74) is 0.958. The fraction of sp³-hybridized carbons (Fsp3) is 0.619. The van der Waals surface area contributed by atoms with Crippen LogP contribution >= 0.6 is 0 Å². The highest BCUT2D eigenvalue weighted by molar-refractivity contribution is 5.95. The lowest BCUT2D eigenvalue weighted by molar-refractivity contribution is -0.123. The number of methoxy groups -OCH3 is 1. The van der Waals surface area contributed by atoms with Crippen molar-refractivity contribution < 1.29 is 19.1 Å². The molecule has 2 amide bonds. The molecule has 0 aliphatic carbocycles. The molecule has 7 nitrogen and oxygen atoms in total. The van der Waals surface area contributed by atoms with E-state index in [1.165, 1.54) is 13.5 Å². The van der Waals surface area contributed by atoms with E-state index in [1.54, 1.807) is 18.2 Å². The Labute approximate surface area is 166 Å². The summed E-state index contributed by atoms with van der Waals surface area (Å²) in [6.45, 7) is 7.42. The van der Waals surface area contributed by atoms with Crippen LogP contribution in [0.3, 0.4) is 0 Å². The highest BCUT2D eigenvalue weighted by Crippen LogP contribution is 2.37. The molecule has 7 heteroatoms. The van der Waals surface area contributed by atoms with Crippen molar-refractivity contribution in [2.75, 3.05) is 39.9 Å². The summed E-state index contributed by atoms with van der Waals surface area (Å²) >= 11 is 0. The molecule has 0 atom stereocenters. The smallest absolute Gasteiger partial charge is 0.258 e. The van der Waals surface area contributed by atoms with Gasteiger partial charge in [0, 0.05) is 31.2 Å². The maximum Gasteiger partial charge on any atom is 0.258 e. The van der Waals surface area contributed by atoms with Crippen LogP contribution in [0.1, 0.15) is 43.5 Å². The summed E-state index contributed by atoms with van der Waals surface area (Å²) in [5.74, 6) is 0.730. The quantitative estimate of drug-likeness (QED) is 0.776. The largest absolute Gasteiger partial charge is 0.493 e. The second kappa shape index (κ2) is 8.82. The van der Waals surface area contributed by atoms with Gasteiger partial charge in [-0.1, -0.05) is 0 Å². The molecule has 1 aromatic carbocycles. The van der Waals surface area contributed by atoms with Crippen LogP contribution in [0, 0.1) is 5.41 Å². The number of piperidine rings is 1. The van der Waals surface area contributed by atoms with Crippen molar-refractivity contribution in [3.63, 3.8) is 0 Å².